The molecule has 0 unspecified atom stereocenters. The maximum absolute atomic E-state index is 12.1. The van der Waals surface area contributed by atoms with Crippen LogP contribution < -0.4 is 5.32 Å². The third-order valence-corrected chi connectivity index (χ3v) is 3.33. The number of hydrogen-bond donors (Lipinski definition) is 1. The average Bonchev–Trinajstić information content (AvgIpc) is 2.42. The molecule has 108 valence electrons. The first kappa shape index (κ1) is 15.2. The molecule has 0 bridgehead atoms. The third-order valence-electron chi connectivity index (χ3n) is 2.72. The van der Waals surface area contributed by atoms with Crippen molar-refractivity contribution in [2.24, 2.45) is 0 Å². The lowest BCUT2D eigenvalue weighted by Gasteiger charge is -2.07. The molecule has 1 N–H and O–H groups in total. The molecule has 0 atom stereocenters. The second kappa shape index (κ2) is 6.07. The van der Waals surface area contributed by atoms with Crippen LogP contribution in [0.3, 0.4) is 0 Å². The largest absolute Gasteiger partial charge is 0.322 e. The molecule has 1 heterocycles. The molecule has 1 aromatic carbocycles. The number of nitrogens with zero attached hydrogens (tertiary/aromatic N) is 2. The standard InChI is InChI=1S/C13H9Cl2N3O3/c1-7-2-3-8(4-10(7)14)17-13(19)9-5-12(15)16-6-11(9)18(20)21/h2-6H,1H3,(H,17,19). The highest BCUT2D eigenvalue weighted by molar-refractivity contribution is 6.31. The van der Waals surface area contributed by atoms with Crippen LogP contribution in [-0.4, -0.2) is 15.8 Å². The fourth-order valence-corrected chi connectivity index (χ4v) is 1.96. The van der Waals surface area contributed by atoms with E-state index in [9.17, 15) is 14.9 Å². The Hall–Kier alpha value is -2.18. The summed E-state index contributed by atoms with van der Waals surface area (Å²) in [5, 5.41) is 13.9. The van der Waals surface area contributed by atoms with Crippen LogP contribution in [-0.2, 0) is 0 Å². The predicted octanol–water partition coefficient (Wildman–Crippen LogP) is 3.86. The normalized spacial score (nSPS) is 10.2. The zero-order valence-electron chi connectivity index (χ0n) is 10.8. The van der Waals surface area contributed by atoms with E-state index in [1.165, 1.54) is 0 Å². The minimum Gasteiger partial charge on any atom is -0.322 e. The fraction of sp³-hybridized carbons (Fsp3) is 0.0769. The van der Waals surface area contributed by atoms with Crippen molar-refractivity contribution < 1.29 is 9.72 Å². The molecule has 21 heavy (non-hydrogen) atoms. The van der Waals surface area contributed by atoms with Gasteiger partial charge in [0.2, 0.25) is 0 Å². The van der Waals surface area contributed by atoms with E-state index in [-0.39, 0.29) is 10.7 Å². The number of halogens is 2. The van der Waals surface area contributed by atoms with Gasteiger partial charge in [-0.2, -0.15) is 0 Å². The van der Waals surface area contributed by atoms with E-state index in [0.717, 1.165) is 17.8 Å². The molecule has 8 heteroatoms. The highest BCUT2D eigenvalue weighted by Gasteiger charge is 2.21. The Bertz CT molecular complexity index is 735. The van der Waals surface area contributed by atoms with E-state index in [1.54, 1.807) is 18.2 Å². The molecule has 2 aromatic rings. The van der Waals surface area contributed by atoms with Crippen LogP contribution in [0, 0.1) is 17.0 Å². The maximum atomic E-state index is 12.1. The highest BCUT2D eigenvalue weighted by Crippen LogP contribution is 2.24. The van der Waals surface area contributed by atoms with Crippen molar-refractivity contribution in [2.75, 3.05) is 5.32 Å². The van der Waals surface area contributed by atoms with Crippen LogP contribution in [0.1, 0.15) is 15.9 Å². The quantitative estimate of drug-likeness (QED) is 0.527. The van der Waals surface area contributed by atoms with Gasteiger partial charge < -0.3 is 5.32 Å². The van der Waals surface area contributed by atoms with Gasteiger partial charge in [0.15, 0.2) is 0 Å². The van der Waals surface area contributed by atoms with Crippen LogP contribution in [0.2, 0.25) is 10.2 Å². The number of nitro groups is 1. The number of nitrogens with one attached hydrogen (secondary N) is 1. The Morgan fingerprint density at radius 1 is 1.33 bits per heavy atom. The molecule has 0 aliphatic rings. The van der Waals surface area contributed by atoms with Crippen molar-refractivity contribution in [1.29, 1.82) is 0 Å². The number of rotatable bonds is 3. The number of amides is 1. The summed E-state index contributed by atoms with van der Waals surface area (Å²) in [6.07, 6.45) is 0.944. The van der Waals surface area contributed by atoms with Crippen LogP contribution in [0.25, 0.3) is 0 Å². The van der Waals surface area contributed by atoms with E-state index in [1.807, 2.05) is 6.92 Å². The molecule has 0 aliphatic heterocycles. The van der Waals surface area contributed by atoms with Crippen LogP contribution in [0.5, 0.6) is 0 Å². The van der Waals surface area contributed by atoms with Gasteiger partial charge in [-0.1, -0.05) is 29.3 Å². The van der Waals surface area contributed by atoms with Crippen molar-refractivity contribution in [1.82, 2.24) is 4.98 Å². The summed E-state index contributed by atoms with van der Waals surface area (Å²) in [5.41, 5.74) is 0.692. The number of hydrogen-bond acceptors (Lipinski definition) is 4. The summed E-state index contributed by atoms with van der Waals surface area (Å²) in [4.78, 5) is 26.0. The van der Waals surface area contributed by atoms with Crippen molar-refractivity contribution >= 4 is 40.5 Å². The Morgan fingerprint density at radius 2 is 2.05 bits per heavy atom. The van der Waals surface area contributed by atoms with E-state index in [0.29, 0.717) is 10.7 Å². The second-order valence-corrected chi connectivity index (χ2v) is 4.99. The first-order valence-electron chi connectivity index (χ1n) is 5.76. The van der Waals surface area contributed by atoms with Gasteiger partial charge >= 0.3 is 0 Å². The van der Waals surface area contributed by atoms with Gasteiger partial charge in [-0.15, -0.1) is 0 Å². The van der Waals surface area contributed by atoms with Crippen molar-refractivity contribution in [3.63, 3.8) is 0 Å². The lowest BCUT2D eigenvalue weighted by atomic mass is 10.2. The molecule has 6 nitrogen and oxygen atoms in total. The van der Waals surface area contributed by atoms with Crippen molar-refractivity contribution in [3.05, 3.63) is 61.9 Å². The zero-order chi connectivity index (χ0) is 15.6. The summed E-state index contributed by atoms with van der Waals surface area (Å²) in [6.45, 7) is 1.82. The summed E-state index contributed by atoms with van der Waals surface area (Å²) < 4.78 is 0. The lowest BCUT2D eigenvalue weighted by molar-refractivity contribution is -0.385. The molecule has 2 rings (SSSR count). The van der Waals surface area contributed by atoms with Gasteiger partial charge in [0.1, 0.15) is 16.9 Å². The number of pyridine rings is 1. The van der Waals surface area contributed by atoms with Crippen molar-refractivity contribution in [3.8, 4) is 0 Å². The molecule has 0 spiro atoms. The zero-order valence-corrected chi connectivity index (χ0v) is 12.3. The Balaban J connectivity index is 2.34. The average molecular weight is 326 g/mol. The summed E-state index contributed by atoms with van der Waals surface area (Å²) in [7, 11) is 0. The Morgan fingerprint density at radius 3 is 2.67 bits per heavy atom. The summed E-state index contributed by atoms with van der Waals surface area (Å²) in [5.74, 6) is -0.661. The third kappa shape index (κ3) is 3.48. The maximum Gasteiger partial charge on any atom is 0.300 e. The predicted molar refractivity (Wildman–Crippen MR) is 80.0 cm³/mol. The van der Waals surface area contributed by atoms with Gasteiger partial charge in [-0.3, -0.25) is 14.9 Å². The van der Waals surface area contributed by atoms with E-state index in [4.69, 9.17) is 23.2 Å². The highest BCUT2D eigenvalue weighted by atomic mass is 35.5. The van der Waals surface area contributed by atoms with E-state index in [2.05, 4.69) is 10.3 Å². The van der Waals surface area contributed by atoms with Crippen LogP contribution in [0.15, 0.2) is 30.5 Å². The van der Waals surface area contributed by atoms with Crippen LogP contribution in [0.4, 0.5) is 11.4 Å². The van der Waals surface area contributed by atoms with Crippen LogP contribution >= 0.6 is 23.2 Å². The van der Waals surface area contributed by atoms with Gasteiger partial charge in [0, 0.05) is 10.7 Å². The Labute approximate surface area is 129 Å². The molecule has 0 saturated heterocycles. The first-order chi connectivity index (χ1) is 9.88. The molecule has 0 saturated carbocycles. The molecule has 0 aliphatic carbocycles. The molecular weight excluding hydrogens is 317 g/mol. The number of benzene rings is 1. The minimum absolute atomic E-state index is 0.00677. The molecule has 1 aromatic heterocycles. The fourth-order valence-electron chi connectivity index (χ4n) is 1.62. The molecule has 0 radical (unpaired) electrons. The Kier molecular flexibility index (Phi) is 4.40. The van der Waals surface area contributed by atoms with Gasteiger partial charge in [-0.05, 0) is 30.7 Å². The van der Waals surface area contributed by atoms with E-state index < -0.39 is 16.5 Å². The number of aryl methyl sites for hydroxylation is 1. The monoisotopic (exact) mass is 325 g/mol. The van der Waals surface area contributed by atoms with Gasteiger partial charge in [0.05, 0.1) is 4.92 Å². The number of carbonyl (C=O) groups is 1. The molecule has 0 fully saturated rings. The number of anilines is 1. The first-order valence-corrected chi connectivity index (χ1v) is 6.51. The smallest absolute Gasteiger partial charge is 0.300 e. The molecular formula is C13H9Cl2N3O3. The SMILES string of the molecule is Cc1ccc(NC(=O)c2cc(Cl)ncc2[N+](=O)[O-])cc1Cl. The summed E-state index contributed by atoms with van der Waals surface area (Å²) >= 11 is 11.6. The van der Waals surface area contributed by atoms with Gasteiger partial charge in [-0.25, -0.2) is 4.98 Å². The van der Waals surface area contributed by atoms with Gasteiger partial charge in [0.25, 0.3) is 11.6 Å². The number of aromatic nitrogens is 1. The van der Waals surface area contributed by atoms with Crippen molar-refractivity contribution in [2.45, 2.75) is 6.92 Å². The second-order valence-electron chi connectivity index (χ2n) is 4.20. The molecule has 1 amide bonds. The minimum atomic E-state index is -0.694. The van der Waals surface area contributed by atoms with E-state index >= 15 is 0 Å². The topological polar surface area (TPSA) is 85.1 Å². The lowest BCUT2D eigenvalue weighted by Crippen LogP contribution is -2.14. The number of carbonyl (C=O) groups excluding carboxylic acids is 1. The summed E-state index contributed by atoms with van der Waals surface area (Å²) in [6, 6.07) is 6.08.